The number of nitrogens with two attached hydrogens (primary N) is 1. The lowest BCUT2D eigenvalue weighted by Crippen LogP contribution is -2.10. The molecule has 3 N–H and O–H groups in total. The van der Waals surface area contributed by atoms with Crippen molar-refractivity contribution in [3.63, 3.8) is 0 Å². The fourth-order valence-electron chi connectivity index (χ4n) is 1.12. The fraction of sp³-hybridized carbons (Fsp3) is 0.364. The molecule has 1 aromatic carbocycles. The van der Waals surface area contributed by atoms with Crippen LogP contribution in [0.5, 0.6) is 5.75 Å². The van der Waals surface area contributed by atoms with Crippen molar-refractivity contribution in [3.05, 3.63) is 29.8 Å². The van der Waals surface area contributed by atoms with Gasteiger partial charge in [0.1, 0.15) is 12.4 Å². The first kappa shape index (κ1) is 15.4. The van der Waals surface area contributed by atoms with Gasteiger partial charge in [0.05, 0.1) is 5.05 Å². The minimum atomic E-state index is 0. The van der Waals surface area contributed by atoms with Gasteiger partial charge in [-0.15, -0.1) is 12.4 Å². The number of hydrogen-bond donors (Lipinski definition) is 3. The van der Waals surface area contributed by atoms with Crippen LogP contribution in [0.25, 0.3) is 0 Å². The van der Waals surface area contributed by atoms with Crippen molar-refractivity contribution in [1.29, 1.82) is 0 Å². The number of aliphatic hydroxyl groups excluding tert-OH is 1. The predicted octanol–water partition coefficient (Wildman–Crippen LogP) is 2.12. The zero-order chi connectivity index (χ0) is 11.1. The standard InChI is InChI=1S/C11H17NO2S.ClH/c1-9(13)15-8-10-3-2-4-11(7-10)14-6-5-12;/h2-4,7,13,15H,5-6,8,12H2,1H3;1H. The van der Waals surface area contributed by atoms with E-state index in [0.29, 0.717) is 18.2 Å². The summed E-state index contributed by atoms with van der Waals surface area (Å²) < 4.78 is 5.41. The Bertz CT molecular complexity index is 341. The van der Waals surface area contributed by atoms with E-state index >= 15 is 0 Å². The van der Waals surface area contributed by atoms with Gasteiger partial charge >= 0.3 is 0 Å². The fourth-order valence-corrected chi connectivity index (χ4v) is 1.72. The highest BCUT2D eigenvalue weighted by Crippen LogP contribution is 2.15. The van der Waals surface area contributed by atoms with Gasteiger partial charge in [-0.3, -0.25) is 0 Å². The number of ether oxygens (including phenoxy) is 1. The number of hydrogen-bond acceptors (Lipinski definition) is 2. The summed E-state index contributed by atoms with van der Waals surface area (Å²) in [5.74, 6) is 1.64. The number of benzene rings is 1. The first-order chi connectivity index (χ1) is 7.22. The van der Waals surface area contributed by atoms with Crippen molar-refractivity contribution in [2.45, 2.75) is 12.7 Å². The second-order valence-corrected chi connectivity index (χ2v) is 4.43. The Labute approximate surface area is 106 Å². The Hall–Kier alpha value is -0.550. The van der Waals surface area contributed by atoms with Crippen LogP contribution in [0.3, 0.4) is 0 Å². The zero-order valence-electron chi connectivity index (χ0n) is 9.22. The number of halogens is 1. The maximum atomic E-state index is 9.08. The van der Waals surface area contributed by atoms with Crippen LogP contribution in [-0.2, 0) is 5.75 Å². The number of rotatable bonds is 5. The van der Waals surface area contributed by atoms with Gasteiger partial charge in [-0.05, 0) is 24.6 Å². The average Bonchev–Trinajstić information content (AvgIpc) is 2.24. The molecule has 0 unspecified atom stereocenters. The molecule has 0 amide bonds. The molecule has 16 heavy (non-hydrogen) atoms. The van der Waals surface area contributed by atoms with Crippen LogP contribution in [0.15, 0.2) is 24.3 Å². The monoisotopic (exact) mass is 263 g/mol. The molecule has 0 atom stereocenters. The molecule has 0 saturated carbocycles. The third kappa shape index (κ3) is 6.12. The van der Waals surface area contributed by atoms with Crippen LogP contribution < -0.4 is 10.5 Å². The summed E-state index contributed by atoms with van der Waals surface area (Å²) in [5, 5.41) is 9.51. The van der Waals surface area contributed by atoms with Gasteiger partial charge in [0.2, 0.25) is 0 Å². The predicted molar refractivity (Wildman–Crippen MR) is 74.2 cm³/mol. The average molecular weight is 264 g/mol. The first-order valence-corrected chi connectivity index (χ1v) is 5.92. The lowest BCUT2D eigenvalue weighted by molar-refractivity contribution is 0.328. The van der Waals surface area contributed by atoms with E-state index < -0.39 is 0 Å². The third-order valence-electron chi connectivity index (χ3n) is 1.78. The van der Waals surface area contributed by atoms with Gasteiger partial charge in [0.15, 0.2) is 0 Å². The Morgan fingerprint density at radius 3 is 2.88 bits per heavy atom. The molecule has 0 aromatic heterocycles. The van der Waals surface area contributed by atoms with E-state index in [-0.39, 0.29) is 12.4 Å². The van der Waals surface area contributed by atoms with Crippen molar-refractivity contribution in [1.82, 2.24) is 0 Å². The molecule has 0 radical (unpaired) electrons. The van der Waals surface area contributed by atoms with Crippen LogP contribution in [0.4, 0.5) is 0 Å². The molecule has 1 rings (SSSR count). The highest BCUT2D eigenvalue weighted by molar-refractivity contribution is 7.97. The van der Waals surface area contributed by atoms with E-state index in [1.807, 2.05) is 24.3 Å². The summed E-state index contributed by atoms with van der Waals surface area (Å²) in [6, 6.07) is 7.85. The molecule has 0 fully saturated rings. The largest absolute Gasteiger partial charge is 0.492 e. The molecular weight excluding hydrogens is 246 g/mol. The molecule has 0 aliphatic rings. The Kier molecular flexibility index (Phi) is 8.29. The number of aliphatic hydroxyl groups is 1. The molecule has 92 valence electrons. The zero-order valence-corrected chi connectivity index (χ0v) is 10.9. The lowest BCUT2D eigenvalue weighted by atomic mass is 10.2. The van der Waals surface area contributed by atoms with E-state index in [4.69, 9.17) is 15.6 Å². The Morgan fingerprint density at radius 2 is 2.25 bits per heavy atom. The van der Waals surface area contributed by atoms with Crippen LogP contribution >= 0.6 is 23.8 Å². The lowest BCUT2D eigenvalue weighted by Gasteiger charge is -2.05. The van der Waals surface area contributed by atoms with Gasteiger partial charge in [-0.25, -0.2) is 0 Å². The van der Waals surface area contributed by atoms with E-state index in [9.17, 15) is 0 Å². The van der Waals surface area contributed by atoms with Crippen LogP contribution in [-0.4, -0.2) is 23.3 Å². The van der Waals surface area contributed by atoms with Crippen molar-refractivity contribution in [2.24, 2.45) is 5.73 Å². The topological polar surface area (TPSA) is 55.5 Å². The molecule has 0 aliphatic carbocycles. The molecule has 0 bridgehead atoms. The van der Waals surface area contributed by atoms with Gasteiger partial charge in [-0.1, -0.05) is 12.1 Å². The minimum absolute atomic E-state index is 0. The highest BCUT2D eigenvalue weighted by atomic mass is 35.5. The quantitative estimate of drug-likeness (QED) is 0.563. The van der Waals surface area contributed by atoms with E-state index in [1.54, 1.807) is 6.92 Å². The molecule has 0 saturated heterocycles. The summed E-state index contributed by atoms with van der Waals surface area (Å²) >= 11 is 0.933. The van der Waals surface area contributed by atoms with E-state index in [2.05, 4.69) is 0 Å². The normalized spacial score (nSPS) is 11.3. The van der Waals surface area contributed by atoms with Crippen molar-refractivity contribution >= 4 is 28.8 Å². The molecule has 3 nitrogen and oxygen atoms in total. The smallest absolute Gasteiger partial charge is 0.119 e. The molecular formula is C11H18ClNO2S. The third-order valence-corrected chi connectivity index (χ3v) is 2.76. The SMILES string of the molecule is CC(O)=[SH]Cc1cccc(OCCN)c1.Cl. The second kappa shape index (κ2) is 8.58. The van der Waals surface area contributed by atoms with Gasteiger partial charge in [0.25, 0.3) is 0 Å². The molecule has 5 heteroatoms. The van der Waals surface area contributed by atoms with Crippen molar-refractivity contribution in [3.8, 4) is 5.75 Å². The van der Waals surface area contributed by atoms with Crippen LogP contribution in [0.2, 0.25) is 0 Å². The maximum Gasteiger partial charge on any atom is 0.119 e. The van der Waals surface area contributed by atoms with Gasteiger partial charge in [0, 0.05) is 12.3 Å². The van der Waals surface area contributed by atoms with Crippen molar-refractivity contribution in [2.75, 3.05) is 13.2 Å². The molecule has 0 aliphatic heterocycles. The summed E-state index contributed by atoms with van der Waals surface area (Å²) in [6.45, 7) is 2.76. The Balaban J connectivity index is 0.00000225. The van der Waals surface area contributed by atoms with Gasteiger partial charge < -0.3 is 15.6 Å². The summed E-state index contributed by atoms with van der Waals surface area (Å²) in [4.78, 5) is 0. The van der Waals surface area contributed by atoms with E-state index in [0.717, 1.165) is 28.4 Å². The van der Waals surface area contributed by atoms with Gasteiger partial charge in [-0.2, -0.15) is 11.4 Å². The van der Waals surface area contributed by atoms with Crippen molar-refractivity contribution < 1.29 is 9.84 Å². The molecule has 0 spiro atoms. The maximum absolute atomic E-state index is 9.08. The summed E-state index contributed by atoms with van der Waals surface area (Å²) in [7, 11) is 0. The summed E-state index contributed by atoms with van der Waals surface area (Å²) in [6.07, 6.45) is 0. The first-order valence-electron chi connectivity index (χ1n) is 4.84. The Morgan fingerprint density at radius 1 is 1.50 bits per heavy atom. The highest BCUT2D eigenvalue weighted by Gasteiger charge is 1.95. The molecule has 0 heterocycles. The minimum Gasteiger partial charge on any atom is -0.492 e. The van der Waals surface area contributed by atoms with Crippen LogP contribution in [0.1, 0.15) is 12.5 Å². The van der Waals surface area contributed by atoms with E-state index in [1.165, 1.54) is 0 Å². The number of thiol groups is 1. The second-order valence-electron chi connectivity index (χ2n) is 3.15. The molecule has 1 aromatic rings. The summed E-state index contributed by atoms with van der Waals surface area (Å²) in [5.41, 5.74) is 6.50. The van der Waals surface area contributed by atoms with Crippen LogP contribution in [0, 0.1) is 0 Å².